The molecule has 0 saturated heterocycles. The number of hydrogen-bond donors (Lipinski definition) is 1. The normalized spacial score (nSPS) is 22.3. The molecule has 19 heavy (non-hydrogen) atoms. The Bertz CT molecular complexity index is 448. The number of benzene rings is 1. The molecule has 0 heterocycles. The highest BCUT2D eigenvalue weighted by atomic mass is 16.6. The summed E-state index contributed by atoms with van der Waals surface area (Å²) < 4.78 is 5.58. The lowest BCUT2D eigenvalue weighted by molar-refractivity contribution is -0.165. The molecule has 1 unspecified atom stereocenters. The van der Waals surface area contributed by atoms with E-state index in [0.717, 1.165) is 24.8 Å². The average molecular weight is 258 g/mol. The van der Waals surface area contributed by atoms with E-state index in [4.69, 9.17) is 4.74 Å². The van der Waals surface area contributed by atoms with E-state index < -0.39 is 5.79 Å². The van der Waals surface area contributed by atoms with Crippen molar-refractivity contribution in [3.63, 3.8) is 0 Å². The van der Waals surface area contributed by atoms with Crippen molar-refractivity contribution in [2.45, 2.75) is 38.4 Å². The molecule has 1 aliphatic rings. The molecule has 102 valence electrons. The van der Waals surface area contributed by atoms with E-state index in [0.29, 0.717) is 13.0 Å². The molecule has 0 amide bonds. The Morgan fingerprint density at radius 1 is 1.21 bits per heavy atom. The van der Waals surface area contributed by atoms with Crippen LogP contribution in [0.4, 0.5) is 0 Å². The minimum Gasteiger partial charge on any atom is -0.362 e. The summed E-state index contributed by atoms with van der Waals surface area (Å²) in [6.45, 7) is 2.77. The van der Waals surface area contributed by atoms with Gasteiger partial charge in [0.1, 0.15) is 0 Å². The van der Waals surface area contributed by atoms with E-state index in [1.807, 2.05) is 30.4 Å². The SMILES string of the molecule is CCCCCOC1(O)C=CC(c2ccccc2)=CC1. The Balaban J connectivity index is 1.90. The van der Waals surface area contributed by atoms with E-state index >= 15 is 0 Å². The molecule has 0 spiro atoms. The van der Waals surface area contributed by atoms with Crippen molar-refractivity contribution in [1.29, 1.82) is 0 Å². The zero-order chi connectivity index (χ0) is 13.6. The van der Waals surface area contributed by atoms with Crippen LogP contribution < -0.4 is 0 Å². The summed E-state index contributed by atoms with van der Waals surface area (Å²) in [6, 6.07) is 10.2. The minimum atomic E-state index is -1.12. The zero-order valence-electron chi connectivity index (χ0n) is 11.5. The average Bonchev–Trinajstić information content (AvgIpc) is 2.46. The first-order valence-electron chi connectivity index (χ1n) is 7.05. The second-order valence-corrected chi connectivity index (χ2v) is 4.96. The van der Waals surface area contributed by atoms with Crippen LogP contribution in [0, 0.1) is 0 Å². The Hall–Kier alpha value is -1.38. The molecule has 1 atom stereocenters. The van der Waals surface area contributed by atoms with Gasteiger partial charge in [-0.05, 0) is 23.6 Å². The highest BCUT2D eigenvalue weighted by molar-refractivity contribution is 5.75. The third kappa shape index (κ3) is 4.05. The molecule has 0 radical (unpaired) electrons. The lowest BCUT2D eigenvalue weighted by Crippen LogP contribution is -2.31. The van der Waals surface area contributed by atoms with Crippen LogP contribution in [0.25, 0.3) is 5.57 Å². The van der Waals surface area contributed by atoms with Gasteiger partial charge < -0.3 is 9.84 Å². The van der Waals surface area contributed by atoms with Gasteiger partial charge in [0.05, 0.1) is 6.61 Å². The van der Waals surface area contributed by atoms with Gasteiger partial charge in [-0.15, -0.1) is 0 Å². The van der Waals surface area contributed by atoms with E-state index in [9.17, 15) is 5.11 Å². The van der Waals surface area contributed by atoms with E-state index in [-0.39, 0.29) is 0 Å². The van der Waals surface area contributed by atoms with Gasteiger partial charge in [0.25, 0.3) is 0 Å². The predicted octanol–water partition coefficient (Wildman–Crippen LogP) is 3.93. The third-order valence-electron chi connectivity index (χ3n) is 3.34. The van der Waals surface area contributed by atoms with Crippen molar-refractivity contribution in [3.05, 3.63) is 54.1 Å². The lowest BCUT2D eigenvalue weighted by Gasteiger charge is -2.27. The van der Waals surface area contributed by atoms with E-state index in [2.05, 4.69) is 19.1 Å². The molecule has 2 heteroatoms. The maximum Gasteiger partial charge on any atom is 0.189 e. The van der Waals surface area contributed by atoms with Gasteiger partial charge >= 0.3 is 0 Å². The molecule has 0 bridgehead atoms. The number of ether oxygens (including phenoxy) is 1. The van der Waals surface area contributed by atoms with Crippen LogP contribution in [-0.2, 0) is 4.74 Å². The number of rotatable bonds is 6. The summed E-state index contributed by atoms with van der Waals surface area (Å²) in [7, 11) is 0. The second kappa shape index (κ2) is 6.69. The summed E-state index contributed by atoms with van der Waals surface area (Å²) in [5, 5.41) is 10.3. The van der Waals surface area contributed by atoms with Crippen LogP contribution in [0.15, 0.2) is 48.6 Å². The summed E-state index contributed by atoms with van der Waals surface area (Å²) in [5.41, 5.74) is 2.31. The number of hydrogen-bond acceptors (Lipinski definition) is 2. The summed E-state index contributed by atoms with van der Waals surface area (Å²) >= 11 is 0. The molecule has 1 aromatic carbocycles. The second-order valence-electron chi connectivity index (χ2n) is 4.96. The molecule has 2 nitrogen and oxygen atoms in total. The molecule has 0 aliphatic heterocycles. The summed E-state index contributed by atoms with van der Waals surface area (Å²) in [5.74, 6) is -1.12. The van der Waals surface area contributed by atoms with E-state index in [1.54, 1.807) is 6.08 Å². The molecule has 0 aromatic heterocycles. The smallest absolute Gasteiger partial charge is 0.189 e. The van der Waals surface area contributed by atoms with Crippen molar-refractivity contribution >= 4 is 5.57 Å². The van der Waals surface area contributed by atoms with Gasteiger partial charge in [-0.25, -0.2) is 0 Å². The Morgan fingerprint density at radius 2 is 2.00 bits per heavy atom. The first-order chi connectivity index (χ1) is 9.23. The van der Waals surface area contributed by atoms with Gasteiger partial charge in [0.2, 0.25) is 0 Å². The highest BCUT2D eigenvalue weighted by Gasteiger charge is 2.25. The molecule has 0 saturated carbocycles. The molecular weight excluding hydrogens is 236 g/mol. The molecule has 1 aromatic rings. The van der Waals surface area contributed by atoms with Gasteiger partial charge in [0, 0.05) is 6.42 Å². The van der Waals surface area contributed by atoms with Gasteiger partial charge in [-0.1, -0.05) is 62.2 Å². The molecule has 0 fully saturated rings. The Morgan fingerprint density at radius 3 is 2.63 bits per heavy atom. The lowest BCUT2D eigenvalue weighted by atomic mass is 9.96. The largest absolute Gasteiger partial charge is 0.362 e. The van der Waals surface area contributed by atoms with Crippen LogP contribution in [0.5, 0.6) is 0 Å². The summed E-state index contributed by atoms with van der Waals surface area (Å²) in [4.78, 5) is 0. The number of allylic oxidation sites excluding steroid dienone is 2. The fourth-order valence-electron chi connectivity index (χ4n) is 2.16. The van der Waals surface area contributed by atoms with Crippen molar-refractivity contribution in [2.24, 2.45) is 0 Å². The molecule has 1 aliphatic carbocycles. The Labute approximate surface area is 115 Å². The standard InChI is InChI=1S/C17H22O2/c1-2-3-7-14-19-17(18)12-10-16(11-13-17)15-8-5-4-6-9-15/h4-6,8-12,18H,2-3,7,13-14H2,1H3. The summed E-state index contributed by atoms with van der Waals surface area (Å²) in [6.07, 6.45) is 9.57. The van der Waals surface area contributed by atoms with Crippen LogP contribution in [0.2, 0.25) is 0 Å². The van der Waals surface area contributed by atoms with Gasteiger partial charge in [-0.2, -0.15) is 0 Å². The van der Waals surface area contributed by atoms with Crippen LogP contribution in [0.3, 0.4) is 0 Å². The monoisotopic (exact) mass is 258 g/mol. The topological polar surface area (TPSA) is 29.5 Å². The zero-order valence-corrected chi connectivity index (χ0v) is 11.5. The minimum absolute atomic E-state index is 0.514. The molecular formula is C17H22O2. The van der Waals surface area contributed by atoms with Crippen molar-refractivity contribution in [1.82, 2.24) is 0 Å². The maximum atomic E-state index is 10.3. The maximum absolute atomic E-state index is 10.3. The first-order valence-corrected chi connectivity index (χ1v) is 7.05. The van der Waals surface area contributed by atoms with Gasteiger partial charge in [-0.3, -0.25) is 0 Å². The quantitative estimate of drug-likeness (QED) is 0.619. The third-order valence-corrected chi connectivity index (χ3v) is 3.34. The number of unbranched alkanes of at least 4 members (excludes halogenated alkanes) is 2. The first kappa shape index (κ1) is 14.0. The van der Waals surface area contributed by atoms with Crippen LogP contribution >= 0.6 is 0 Å². The van der Waals surface area contributed by atoms with Crippen LogP contribution in [0.1, 0.15) is 38.2 Å². The van der Waals surface area contributed by atoms with Crippen molar-refractivity contribution < 1.29 is 9.84 Å². The number of aliphatic hydroxyl groups is 1. The fourth-order valence-corrected chi connectivity index (χ4v) is 2.16. The predicted molar refractivity (Wildman–Crippen MR) is 78.6 cm³/mol. The molecule has 1 N–H and O–H groups in total. The fraction of sp³-hybridized carbons (Fsp3) is 0.412. The molecule has 2 rings (SSSR count). The van der Waals surface area contributed by atoms with Crippen molar-refractivity contribution in [2.75, 3.05) is 6.61 Å². The van der Waals surface area contributed by atoms with E-state index in [1.165, 1.54) is 5.56 Å². The van der Waals surface area contributed by atoms with Gasteiger partial charge in [0.15, 0.2) is 5.79 Å². The van der Waals surface area contributed by atoms with Crippen molar-refractivity contribution in [3.8, 4) is 0 Å². The van der Waals surface area contributed by atoms with Crippen LogP contribution in [-0.4, -0.2) is 17.5 Å². The highest BCUT2D eigenvalue weighted by Crippen LogP contribution is 2.27. The Kier molecular flexibility index (Phi) is 4.94.